The second kappa shape index (κ2) is 7.67. The number of hydrogen-bond donors (Lipinski definition) is 1. The maximum atomic E-state index is 5.39. The van der Waals surface area contributed by atoms with Gasteiger partial charge < -0.3 is 19.5 Å². The first-order chi connectivity index (χ1) is 8.30. The highest BCUT2D eigenvalue weighted by molar-refractivity contribution is 5.22. The van der Waals surface area contributed by atoms with E-state index in [0.29, 0.717) is 18.4 Å². The van der Waals surface area contributed by atoms with Crippen LogP contribution in [0.5, 0.6) is 17.8 Å². The Morgan fingerprint density at radius 1 is 1.12 bits per heavy atom. The van der Waals surface area contributed by atoms with Gasteiger partial charge in [0, 0.05) is 6.54 Å². The third-order valence-electron chi connectivity index (χ3n) is 2.01. The van der Waals surface area contributed by atoms with E-state index in [0.717, 1.165) is 19.5 Å². The molecule has 0 aliphatic rings. The highest BCUT2D eigenvalue weighted by Crippen LogP contribution is 2.18. The standard InChI is InChI=1S/C11H19N3O3/c1-4-5-12-6-7-17-11-13-9(15-2)8-10(14-11)16-3/h8,12H,4-7H2,1-3H3. The van der Waals surface area contributed by atoms with Gasteiger partial charge in [0.2, 0.25) is 11.8 Å². The number of methoxy groups -OCH3 is 2. The van der Waals surface area contributed by atoms with Crippen LogP contribution in [0.1, 0.15) is 13.3 Å². The maximum Gasteiger partial charge on any atom is 0.323 e. The van der Waals surface area contributed by atoms with E-state index in [-0.39, 0.29) is 6.01 Å². The monoisotopic (exact) mass is 241 g/mol. The van der Waals surface area contributed by atoms with E-state index in [1.54, 1.807) is 6.07 Å². The van der Waals surface area contributed by atoms with Gasteiger partial charge in [-0.15, -0.1) is 0 Å². The quantitative estimate of drug-likeness (QED) is 0.681. The van der Waals surface area contributed by atoms with Crippen molar-refractivity contribution in [2.24, 2.45) is 0 Å². The zero-order chi connectivity index (χ0) is 12.5. The van der Waals surface area contributed by atoms with Gasteiger partial charge in [-0.05, 0) is 13.0 Å². The first-order valence-corrected chi connectivity index (χ1v) is 5.60. The molecule has 1 N–H and O–H groups in total. The lowest BCUT2D eigenvalue weighted by molar-refractivity contribution is 0.274. The minimum atomic E-state index is 0.263. The molecular formula is C11H19N3O3. The number of aromatic nitrogens is 2. The molecule has 0 unspecified atom stereocenters. The molecule has 0 aliphatic carbocycles. The van der Waals surface area contributed by atoms with Crippen LogP contribution in [-0.2, 0) is 0 Å². The second-order valence-electron chi connectivity index (χ2n) is 3.33. The summed E-state index contributed by atoms with van der Waals surface area (Å²) in [6.07, 6.45) is 1.10. The molecule has 6 nitrogen and oxygen atoms in total. The lowest BCUT2D eigenvalue weighted by atomic mass is 10.5. The molecule has 0 bridgehead atoms. The second-order valence-corrected chi connectivity index (χ2v) is 3.33. The Balaban J connectivity index is 2.46. The van der Waals surface area contributed by atoms with Gasteiger partial charge in [0.25, 0.3) is 0 Å². The summed E-state index contributed by atoms with van der Waals surface area (Å²) in [6, 6.07) is 1.86. The number of nitrogens with one attached hydrogen (secondary N) is 1. The van der Waals surface area contributed by atoms with E-state index in [1.165, 1.54) is 14.2 Å². The first kappa shape index (κ1) is 13.5. The van der Waals surface area contributed by atoms with Crippen LogP contribution in [0.4, 0.5) is 0 Å². The summed E-state index contributed by atoms with van der Waals surface area (Å²) in [4.78, 5) is 8.11. The topological polar surface area (TPSA) is 65.5 Å². The van der Waals surface area contributed by atoms with E-state index in [9.17, 15) is 0 Å². The zero-order valence-electron chi connectivity index (χ0n) is 10.5. The van der Waals surface area contributed by atoms with E-state index >= 15 is 0 Å². The molecular weight excluding hydrogens is 222 g/mol. The maximum absolute atomic E-state index is 5.39. The Morgan fingerprint density at radius 3 is 2.29 bits per heavy atom. The van der Waals surface area contributed by atoms with Crippen LogP contribution < -0.4 is 19.5 Å². The lowest BCUT2D eigenvalue weighted by Crippen LogP contribution is -2.22. The van der Waals surface area contributed by atoms with Gasteiger partial charge in [-0.25, -0.2) is 0 Å². The average molecular weight is 241 g/mol. The number of ether oxygens (including phenoxy) is 3. The van der Waals surface area contributed by atoms with Crippen LogP contribution in [0.25, 0.3) is 0 Å². The highest BCUT2D eigenvalue weighted by atomic mass is 16.5. The Hall–Kier alpha value is -1.56. The molecule has 0 fully saturated rings. The van der Waals surface area contributed by atoms with Gasteiger partial charge in [-0.3, -0.25) is 0 Å². The molecule has 1 aromatic heterocycles. The summed E-state index contributed by atoms with van der Waals surface area (Å²) in [6.45, 7) is 4.36. The first-order valence-electron chi connectivity index (χ1n) is 5.60. The molecule has 1 aromatic rings. The number of hydrogen-bond acceptors (Lipinski definition) is 6. The van der Waals surface area contributed by atoms with Crippen LogP contribution in [0.3, 0.4) is 0 Å². The number of nitrogens with zero attached hydrogens (tertiary/aromatic N) is 2. The molecule has 0 radical (unpaired) electrons. The van der Waals surface area contributed by atoms with Crippen molar-refractivity contribution in [3.05, 3.63) is 6.07 Å². The lowest BCUT2D eigenvalue weighted by Gasteiger charge is -2.08. The minimum absolute atomic E-state index is 0.263. The molecule has 1 heterocycles. The van der Waals surface area contributed by atoms with E-state index < -0.39 is 0 Å². The van der Waals surface area contributed by atoms with E-state index in [1.807, 2.05) is 0 Å². The molecule has 0 aliphatic heterocycles. The molecule has 0 saturated heterocycles. The molecule has 0 saturated carbocycles. The molecule has 17 heavy (non-hydrogen) atoms. The van der Waals surface area contributed by atoms with Crippen molar-refractivity contribution in [1.82, 2.24) is 15.3 Å². The largest absolute Gasteiger partial charge is 0.481 e. The van der Waals surface area contributed by atoms with Gasteiger partial charge in [0.05, 0.1) is 20.3 Å². The summed E-state index contributed by atoms with van der Waals surface area (Å²) in [5, 5.41) is 3.22. The summed E-state index contributed by atoms with van der Waals surface area (Å²) in [7, 11) is 3.07. The smallest absolute Gasteiger partial charge is 0.323 e. The number of rotatable bonds is 8. The fourth-order valence-electron chi connectivity index (χ4n) is 1.17. The SMILES string of the molecule is CCCNCCOc1nc(OC)cc(OC)n1. The van der Waals surface area contributed by atoms with Crippen molar-refractivity contribution in [3.63, 3.8) is 0 Å². The van der Waals surface area contributed by atoms with Crippen LogP contribution in [0.2, 0.25) is 0 Å². The van der Waals surface area contributed by atoms with Crippen molar-refractivity contribution in [2.45, 2.75) is 13.3 Å². The predicted molar refractivity (Wildman–Crippen MR) is 63.8 cm³/mol. The summed E-state index contributed by atoms with van der Waals surface area (Å²) < 4.78 is 15.4. The molecule has 0 amide bonds. The van der Waals surface area contributed by atoms with Crippen molar-refractivity contribution < 1.29 is 14.2 Å². The van der Waals surface area contributed by atoms with Gasteiger partial charge in [0.1, 0.15) is 6.61 Å². The normalized spacial score (nSPS) is 10.1. The zero-order valence-corrected chi connectivity index (χ0v) is 10.5. The fraction of sp³-hybridized carbons (Fsp3) is 0.636. The molecule has 1 rings (SSSR count). The molecule has 0 atom stereocenters. The molecule has 6 heteroatoms. The Kier molecular flexibility index (Phi) is 6.09. The Labute approximate surface area is 101 Å². The Bertz CT molecular complexity index is 311. The molecule has 0 aromatic carbocycles. The fourth-order valence-corrected chi connectivity index (χ4v) is 1.17. The van der Waals surface area contributed by atoms with Gasteiger partial charge in [-0.2, -0.15) is 9.97 Å². The van der Waals surface area contributed by atoms with Crippen LogP contribution in [-0.4, -0.2) is 43.9 Å². The summed E-state index contributed by atoms with van der Waals surface area (Å²) in [5.74, 6) is 0.849. The third kappa shape index (κ3) is 4.86. The van der Waals surface area contributed by atoms with Crippen LogP contribution in [0.15, 0.2) is 6.07 Å². The third-order valence-corrected chi connectivity index (χ3v) is 2.01. The predicted octanol–water partition coefficient (Wildman–Crippen LogP) is 0.872. The van der Waals surface area contributed by atoms with Crippen LogP contribution >= 0.6 is 0 Å². The Morgan fingerprint density at radius 2 is 1.76 bits per heavy atom. The van der Waals surface area contributed by atoms with Gasteiger partial charge >= 0.3 is 6.01 Å². The van der Waals surface area contributed by atoms with E-state index in [4.69, 9.17) is 14.2 Å². The van der Waals surface area contributed by atoms with Crippen molar-refractivity contribution >= 4 is 0 Å². The van der Waals surface area contributed by atoms with Crippen molar-refractivity contribution in [1.29, 1.82) is 0 Å². The van der Waals surface area contributed by atoms with Gasteiger partial charge in [0.15, 0.2) is 0 Å². The summed E-state index contributed by atoms with van der Waals surface area (Å²) in [5.41, 5.74) is 0. The average Bonchev–Trinajstić information content (AvgIpc) is 2.38. The van der Waals surface area contributed by atoms with Crippen molar-refractivity contribution in [2.75, 3.05) is 33.9 Å². The van der Waals surface area contributed by atoms with Crippen molar-refractivity contribution in [3.8, 4) is 17.8 Å². The van der Waals surface area contributed by atoms with E-state index in [2.05, 4.69) is 22.2 Å². The van der Waals surface area contributed by atoms with Gasteiger partial charge in [-0.1, -0.05) is 6.92 Å². The highest BCUT2D eigenvalue weighted by Gasteiger charge is 2.05. The minimum Gasteiger partial charge on any atom is -0.481 e. The molecule has 96 valence electrons. The van der Waals surface area contributed by atoms with Crippen LogP contribution in [0, 0.1) is 0 Å². The molecule has 0 spiro atoms. The summed E-state index contributed by atoms with van der Waals surface area (Å²) >= 11 is 0.